The highest BCUT2D eigenvalue weighted by Gasteiger charge is 2.11. The topological polar surface area (TPSA) is 28.2 Å². The molecule has 1 N–H and O–H groups in total. The van der Waals surface area contributed by atoms with Gasteiger partial charge in [0.15, 0.2) is 0 Å². The molecule has 2 rings (SSSR count). The van der Waals surface area contributed by atoms with Crippen LogP contribution < -0.4 is 5.32 Å². The molecular weight excluding hydrogens is 246 g/mol. The Kier molecular flexibility index (Phi) is 5.10. The lowest BCUT2D eigenvalue weighted by Crippen LogP contribution is -2.25. The van der Waals surface area contributed by atoms with Crippen molar-refractivity contribution >= 4 is 10.9 Å². The van der Waals surface area contributed by atoms with Crippen molar-refractivity contribution in [2.45, 2.75) is 26.3 Å². The SMILES string of the molecule is CCNC(CCN(C)C)c1ccc2nc(C)ccc2c1. The van der Waals surface area contributed by atoms with Gasteiger partial charge in [0, 0.05) is 17.1 Å². The number of aromatic nitrogens is 1. The van der Waals surface area contributed by atoms with Gasteiger partial charge in [0.1, 0.15) is 0 Å². The van der Waals surface area contributed by atoms with E-state index in [0.29, 0.717) is 6.04 Å². The lowest BCUT2D eigenvalue weighted by Gasteiger charge is -2.21. The first-order chi connectivity index (χ1) is 9.60. The van der Waals surface area contributed by atoms with Crippen molar-refractivity contribution in [3.63, 3.8) is 0 Å². The molecule has 0 radical (unpaired) electrons. The van der Waals surface area contributed by atoms with E-state index in [1.165, 1.54) is 10.9 Å². The summed E-state index contributed by atoms with van der Waals surface area (Å²) < 4.78 is 0. The van der Waals surface area contributed by atoms with Gasteiger partial charge in [0.2, 0.25) is 0 Å². The first kappa shape index (κ1) is 14.9. The van der Waals surface area contributed by atoms with E-state index in [1.54, 1.807) is 0 Å². The molecule has 0 amide bonds. The van der Waals surface area contributed by atoms with Crippen LogP contribution in [0.5, 0.6) is 0 Å². The van der Waals surface area contributed by atoms with E-state index in [9.17, 15) is 0 Å². The maximum absolute atomic E-state index is 4.57. The van der Waals surface area contributed by atoms with Crippen molar-refractivity contribution in [3.8, 4) is 0 Å². The Morgan fingerprint density at radius 2 is 2.00 bits per heavy atom. The summed E-state index contributed by atoms with van der Waals surface area (Å²) >= 11 is 0. The fourth-order valence-corrected chi connectivity index (χ4v) is 2.48. The van der Waals surface area contributed by atoms with Crippen LogP contribution in [0.25, 0.3) is 10.9 Å². The van der Waals surface area contributed by atoms with E-state index in [0.717, 1.165) is 30.7 Å². The van der Waals surface area contributed by atoms with Gasteiger partial charge >= 0.3 is 0 Å². The van der Waals surface area contributed by atoms with Gasteiger partial charge in [-0.05, 0) is 64.3 Å². The van der Waals surface area contributed by atoms with Crippen LogP contribution in [0.3, 0.4) is 0 Å². The van der Waals surface area contributed by atoms with Gasteiger partial charge in [0.05, 0.1) is 5.52 Å². The highest BCUT2D eigenvalue weighted by Crippen LogP contribution is 2.22. The Labute approximate surface area is 122 Å². The van der Waals surface area contributed by atoms with Crippen LogP contribution in [0.2, 0.25) is 0 Å². The molecule has 1 aromatic carbocycles. The fraction of sp³-hybridized carbons (Fsp3) is 0.471. The van der Waals surface area contributed by atoms with Gasteiger partial charge in [-0.1, -0.05) is 19.1 Å². The molecule has 2 aromatic rings. The molecule has 3 nitrogen and oxygen atoms in total. The molecule has 0 fully saturated rings. The number of aryl methyl sites for hydroxylation is 1. The number of hydrogen-bond donors (Lipinski definition) is 1. The lowest BCUT2D eigenvalue weighted by atomic mass is 10.0. The molecule has 1 atom stereocenters. The summed E-state index contributed by atoms with van der Waals surface area (Å²) in [7, 11) is 4.24. The summed E-state index contributed by atoms with van der Waals surface area (Å²) in [6.07, 6.45) is 1.12. The maximum Gasteiger partial charge on any atom is 0.0705 e. The highest BCUT2D eigenvalue weighted by molar-refractivity contribution is 5.79. The van der Waals surface area contributed by atoms with Crippen LogP contribution in [0.4, 0.5) is 0 Å². The van der Waals surface area contributed by atoms with Crippen LogP contribution in [-0.2, 0) is 0 Å². The number of benzene rings is 1. The Morgan fingerprint density at radius 1 is 1.20 bits per heavy atom. The van der Waals surface area contributed by atoms with Crippen molar-refractivity contribution in [3.05, 3.63) is 41.6 Å². The zero-order valence-electron chi connectivity index (χ0n) is 13.0. The highest BCUT2D eigenvalue weighted by atomic mass is 15.1. The molecule has 1 heterocycles. The largest absolute Gasteiger partial charge is 0.310 e. The first-order valence-corrected chi connectivity index (χ1v) is 7.35. The van der Waals surface area contributed by atoms with Crippen molar-refractivity contribution in [2.24, 2.45) is 0 Å². The second-order valence-corrected chi connectivity index (χ2v) is 5.61. The molecule has 20 heavy (non-hydrogen) atoms. The van der Waals surface area contributed by atoms with Crippen LogP contribution in [0.1, 0.15) is 30.6 Å². The van der Waals surface area contributed by atoms with Crippen molar-refractivity contribution < 1.29 is 0 Å². The van der Waals surface area contributed by atoms with Gasteiger partial charge in [0.25, 0.3) is 0 Å². The normalized spacial score (nSPS) is 13.1. The Balaban J connectivity index is 2.25. The minimum atomic E-state index is 0.410. The van der Waals surface area contributed by atoms with Crippen molar-refractivity contribution in [1.82, 2.24) is 15.2 Å². The van der Waals surface area contributed by atoms with Gasteiger partial charge in [-0.3, -0.25) is 4.98 Å². The smallest absolute Gasteiger partial charge is 0.0705 e. The molecule has 0 bridgehead atoms. The zero-order chi connectivity index (χ0) is 14.5. The molecular formula is C17H25N3. The van der Waals surface area contributed by atoms with E-state index in [1.807, 2.05) is 6.92 Å². The Morgan fingerprint density at radius 3 is 2.70 bits per heavy atom. The van der Waals surface area contributed by atoms with E-state index in [2.05, 4.69) is 66.6 Å². The van der Waals surface area contributed by atoms with E-state index >= 15 is 0 Å². The van der Waals surface area contributed by atoms with Gasteiger partial charge < -0.3 is 10.2 Å². The first-order valence-electron chi connectivity index (χ1n) is 7.35. The van der Waals surface area contributed by atoms with Crippen LogP contribution >= 0.6 is 0 Å². The summed E-state index contributed by atoms with van der Waals surface area (Å²) in [5.41, 5.74) is 3.50. The second kappa shape index (κ2) is 6.82. The molecule has 1 unspecified atom stereocenters. The third-order valence-electron chi connectivity index (χ3n) is 3.57. The number of pyridine rings is 1. The number of hydrogen-bond acceptors (Lipinski definition) is 3. The molecule has 3 heteroatoms. The van der Waals surface area contributed by atoms with Crippen LogP contribution in [0, 0.1) is 6.92 Å². The zero-order valence-corrected chi connectivity index (χ0v) is 13.0. The number of fused-ring (bicyclic) bond motifs is 1. The number of nitrogens with one attached hydrogen (secondary N) is 1. The Bertz CT molecular complexity index is 563. The average Bonchev–Trinajstić information content (AvgIpc) is 2.42. The van der Waals surface area contributed by atoms with Crippen molar-refractivity contribution in [2.75, 3.05) is 27.2 Å². The third-order valence-corrected chi connectivity index (χ3v) is 3.57. The minimum absolute atomic E-state index is 0.410. The minimum Gasteiger partial charge on any atom is -0.310 e. The standard InChI is InChI=1S/C17H25N3/c1-5-18-16(10-11-20(3)4)14-8-9-17-15(12-14)7-6-13(2)19-17/h6-9,12,16,18H,5,10-11H2,1-4H3. The fourth-order valence-electron chi connectivity index (χ4n) is 2.48. The van der Waals surface area contributed by atoms with Crippen molar-refractivity contribution in [1.29, 1.82) is 0 Å². The number of rotatable bonds is 6. The second-order valence-electron chi connectivity index (χ2n) is 5.61. The van der Waals surface area contributed by atoms with E-state index in [-0.39, 0.29) is 0 Å². The molecule has 1 aromatic heterocycles. The summed E-state index contributed by atoms with van der Waals surface area (Å²) in [5, 5.41) is 4.81. The van der Waals surface area contributed by atoms with E-state index < -0.39 is 0 Å². The summed E-state index contributed by atoms with van der Waals surface area (Å²) in [6.45, 7) is 6.27. The summed E-state index contributed by atoms with van der Waals surface area (Å²) in [6, 6.07) is 11.3. The lowest BCUT2D eigenvalue weighted by molar-refractivity contribution is 0.363. The third kappa shape index (κ3) is 3.78. The van der Waals surface area contributed by atoms with Gasteiger partial charge in [-0.15, -0.1) is 0 Å². The number of nitrogens with zero attached hydrogens (tertiary/aromatic N) is 2. The maximum atomic E-state index is 4.57. The average molecular weight is 271 g/mol. The molecule has 0 spiro atoms. The van der Waals surface area contributed by atoms with Gasteiger partial charge in [-0.25, -0.2) is 0 Å². The summed E-state index contributed by atoms with van der Waals surface area (Å²) in [5.74, 6) is 0. The summed E-state index contributed by atoms with van der Waals surface area (Å²) in [4.78, 5) is 6.80. The molecule has 108 valence electrons. The monoisotopic (exact) mass is 271 g/mol. The molecule has 0 saturated heterocycles. The molecule has 0 saturated carbocycles. The Hall–Kier alpha value is -1.45. The molecule has 0 aliphatic rings. The van der Waals surface area contributed by atoms with Gasteiger partial charge in [-0.2, -0.15) is 0 Å². The predicted molar refractivity (Wildman–Crippen MR) is 86.1 cm³/mol. The van der Waals surface area contributed by atoms with Crippen LogP contribution in [-0.4, -0.2) is 37.1 Å². The predicted octanol–water partition coefficient (Wildman–Crippen LogP) is 3.15. The van der Waals surface area contributed by atoms with Crippen LogP contribution in [0.15, 0.2) is 30.3 Å². The molecule has 0 aliphatic heterocycles. The molecule has 0 aliphatic carbocycles. The van der Waals surface area contributed by atoms with E-state index in [4.69, 9.17) is 0 Å². The quantitative estimate of drug-likeness (QED) is 0.875.